The lowest BCUT2D eigenvalue weighted by molar-refractivity contribution is -0.167. The van der Waals surface area contributed by atoms with E-state index in [2.05, 4.69) is 6.92 Å². The van der Waals surface area contributed by atoms with Gasteiger partial charge < -0.3 is 9.47 Å². The summed E-state index contributed by atoms with van der Waals surface area (Å²) in [6, 6.07) is 0. The molecule has 166 valence electrons. The van der Waals surface area contributed by atoms with Crippen molar-refractivity contribution in [3.8, 4) is 0 Å². The van der Waals surface area contributed by atoms with Gasteiger partial charge in [-0.3, -0.25) is 4.79 Å². The van der Waals surface area contributed by atoms with Crippen molar-refractivity contribution in [1.29, 1.82) is 0 Å². The minimum atomic E-state index is -0.730. The van der Waals surface area contributed by atoms with Crippen molar-refractivity contribution in [2.45, 2.75) is 136 Å². The Kier molecular flexibility index (Phi) is 19.9. The molecule has 0 saturated carbocycles. The Morgan fingerprint density at radius 1 is 0.643 bits per heavy atom. The monoisotopic (exact) mass is 398 g/mol. The van der Waals surface area contributed by atoms with E-state index in [1.165, 1.54) is 84.0 Å². The van der Waals surface area contributed by atoms with Crippen molar-refractivity contribution in [2.24, 2.45) is 0 Å². The van der Waals surface area contributed by atoms with Gasteiger partial charge in [0.05, 0.1) is 6.61 Å². The van der Waals surface area contributed by atoms with Gasteiger partial charge in [-0.25, -0.2) is 4.79 Å². The van der Waals surface area contributed by atoms with Crippen LogP contribution in [0.15, 0.2) is 0 Å². The Morgan fingerprint density at radius 3 is 1.50 bits per heavy atom. The molecule has 4 heteroatoms. The molecule has 0 aromatic rings. The third-order valence-corrected chi connectivity index (χ3v) is 5.13. The molecule has 0 spiro atoms. The Morgan fingerprint density at radius 2 is 1.07 bits per heavy atom. The van der Waals surface area contributed by atoms with E-state index in [0.717, 1.165) is 25.7 Å². The summed E-state index contributed by atoms with van der Waals surface area (Å²) < 4.78 is 10.3. The summed E-state index contributed by atoms with van der Waals surface area (Å²) >= 11 is 0. The summed E-state index contributed by atoms with van der Waals surface area (Å²) in [4.78, 5) is 23.2. The third-order valence-electron chi connectivity index (χ3n) is 5.13. The number of hydrogen-bond donors (Lipinski definition) is 0. The molecule has 1 atom stereocenters. The topological polar surface area (TPSA) is 52.6 Å². The smallest absolute Gasteiger partial charge is 0.347 e. The largest absolute Gasteiger partial charge is 0.463 e. The molecule has 0 N–H and O–H groups in total. The van der Waals surface area contributed by atoms with Gasteiger partial charge in [0.2, 0.25) is 0 Å². The highest BCUT2D eigenvalue weighted by molar-refractivity contribution is 5.78. The summed E-state index contributed by atoms with van der Waals surface area (Å²) in [5, 5.41) is 0. The Balaban J connectivity index is 3.58. The van der Waals surface area contributed by atoms with E-state index in [1.807, 2.05) is 6.92 Å². The number of carbonyl (C=O) groups excluding carboxylic acids is 2. The molecule has 0 aliphatic rings. The van der Waals surface area contributed by atoms with Crippen LogP contribution in [0.25, 0.3) is 0 Å². The molecule has 0 heterocycles. The first-order valence-corrected chi connectivity index (χ1v) is 12.0. The lowest BCUT2D eigenvalue weighted by Crippen LogP contribution is -2.28. The number of unbranched alkanes of at least 4 members (excludes halogenated alkanes) is 14. The van der Waals surface area contributed by atoms with Gasteiger partial charge >= 0.3 is 11.9 Å². The van der Waals surface area contributed by atoms with Gasteiger partial charge in [0, 0.05) is 6.92 Å². The second-order valence-electron chi connectivity index (χ2n) is 8.00. The maximum Gasteiger partial charge on any atom is 0.347 e. The summed E-state index contributed by atoms with van der Waals surface area (Å²) in [5.74, 6) is -0.804. The molecule has 1 unspecified atom stereocenters. The molecule has 0 radical (unpaired) electrons. The van der Waals surface area contributed by atoms with Gasteiger partial charge in [0.1, 0.15) is 0 Å². The molecule has 0 bridgehead atoms. The number of hydrogen-bond acceptors (Lipinski definition) is 4. The summed E-state index contributed by atoms with van der Waals surface area (Å²) in [6.45, 7) is 6.07. The van der Waals surface area contributed by atoms with Crippen LogP contribution in [0.2, 0.25) is 0 Å². The van der Waals surface area contributed by atoms with Crippen LogP contribution in [0.3, 0.4) is 0 Å². The van der Waals surface area contributed by atoms with Crippen molar-refractivity contribution < 1.29 is 19.1 Å². The fourth-order valence-electron chi connectivity index (χ4n) is 3.36. The highest BCUT2D eigenvalue weighted by Gasteiger charge is 2.22. The lowest BCUT2D eigenvalue weighted by Gasteiger charge is -2.15. The molecule has 0 rings (SSSR count). The van der Waals surface area contributed by atoms with Gasteiger partial charge in [-0.15, -0.1) is 0 Å². The van der Waals surface area contributed by atoms with Crippen molar-refractivity contribution in [2.75, 3.05) is 6.61 Å². The zero-order chi connectivity index (χ0) is 20.9. The number of ether oxygens (including phenoxy) is 2. The highest BCUT2D eigenvalue weighted by atomic mass is 16.6. The van der Waals surface area contributed by atoms with Gasteiger partial charge in [0.25, 0.3) is 0 Å². The van der Waals surface area contributed by atoms with E-state index >= 15 is 0 Å². The number of rotatable bonds is 20. The van der Waals surface area contributed by atoms with Gasteiger partial charge in [-0.1, -0.05) is 104 Å². The normalized spacial score (nSPS) is 12.0. The molecular formula is C24H46O4. The van der Waals surface area contributed by atoms with E-state index in [4.69, 9.17) is 9.47 Å². The van der Waals surface area contributed by atoms with Crippen LogP contribution in [0.5, 0.6) is 0 Å². The van der Waals surface area contributed by atoms with Crippen LogP contribution in [0.4, 0.5) is 0 Å². The maximum absolute atomic E-state index is 12.0. The fourth-order valence-corrected chi connectivity index (χ4v) is 3.36. The average molecular weight is 399 g/mol. The Hall–Kier alpha value is -1.06. The molecule has 4 nitrogen and oxygen atoms in total. The molecule has 0 aliphatic heterocycles. The van der Waals surface area contributed by atoms with Crippen LogP contribution in [-0.2, 0) is 19.1 Å². The minimum Gasteiger partial charge on any atom is -0.463 e. The first-order valence-electron chi connectivity index (χ1n) is 12.0. The lowest BCUT2D eigenvalue weighted by atomic mass is 10.0. The standard InChI is InChI=1S/C24H46O4/c1-4-6-8-9-10-11-12-13-14-15-16-17-18-19-20-23(28-22(3)25)24(26)27-21-7-5-2/h23H,4-21H2,1-3H3. The summed E-state index contributed by atoms with van der Waals surface area (Å²) in [5.41, 5.74) is 0. The minimum absolute atomic E-state index is 0.390. The van der Waals surface area contributed by atoms with E-state index < -0.39 is 18.0 Å². The molecule has 0 aliphatic carbocycles. The van der Waals surface area contributed by atoms with Crippen molar-refractivity contribution in [3.05, 3.63) is 0 Å². The quantitative estimate of drug-likeness (QED) is 0.162. The molecule has 0 fully saturated rings. The first kappa shape index (κ1) is 26.9. The Labute approximate surface area is 174 Å². The predicted octanol–water partition coefficient (Wildman–Crippen LogP) is 7.13. The second-order valence-corrected chi connectivity index (χ2v) is 8.00. The molecule has 28 heavy (non-hydrogen) atoms. The first-order chi connectivity index (χ1) is 13.6. The number of esters is 2. The summed E-state index contributed by atoms with van der Waals surface area (Å²) in [7, 11) is 0. The van der Waals surface area contributed by atoms with Crippen LogP contribution < -0.4 is 0 Å². The third kappa shape index (κ3) is 18.3. The average Bonchev–Trinajstić information content (AvgIpc) is 2.67. The predicted molar refractivity (Wildman–Crippen MR) is 116 cm³/mol. The van der Waals surface area contributed by atoms with Gasteiger partial charge in [0.15, 0.2) is 6.10 Å². The van der Waals surface area contributed by atoms with Crippen molar-refractivity contribution in [1.82, 2.24) is 0 Å². The molecule has 0 aromatic carbocycles. The molecular weight excluding hydrogens is 352 g/mol. The van der Waals surface area contributed by atoms with Crippen LogP contribution in [0.1, 0.15) is 130 Å². The maximum atomic E-state index is 12.0. The van der Waals surface area contributed by atoms with Crippen LogP contribution in [-0.4, -0.2) is 24.6 Å². The molecule has 0 amide bonds. The van der Waals surface area contributed by atoms with E-state index in [9.17, 15) is 9.59 Å². The van der Waals surface area contributed by atoms with Crippen LogP contribution >= 0.6 is 0 Å². The van der Waals surface area contributed by atoms with Crippen LogP contribution in [0, 0.1) is 0 Å². The highest BCUT2D eigenvalue weighted by Crippen LogP contribution is 2.15. The number of carbonyl (C=O) groups is 2. The second kappa shape index (κ2) is 20.7. The summed E-state index contributed by atoms with van der Waals surface area (Å²) in [6.07, 6.45) is 19.8. The van der Waals surface area contributed by atoms with E-state index in [0.29, 0.717) is 13.0 Å². The Bertz CT molecular complexity index is 368. The fraction of sp³-hybridized carbons (Fsp3) is 0.917. The SMILES string of the molecule is CCCCCCCCCCCCCCCCC(OC(C)=O)C(=O)OCCCC. The van der Waals surface area contributed by atoms with Gasteiger partial charge in [-0.05, 0) is 19.3 Å². The zero-order valence-electron chi connectivity index (χ0n) is 18.9. The van der Waals surface area contributed by atoms with Gasteiger partial charge in [-0.2, -0.15) is 0 Å². The molecule has 0 aromatic heterocycles. The van der Waals surface area contributed by atoms with E-state index in [1.54, 1.807) is 0 Å². The molecule has 0 saturated heterocycles. The van der Waals surface area contributed by atoms with E-state index in [-0.39, 0.29) is 0 Å². The van der Waals surface area contributed by atoms with Crippen molar-refractivity contribution >= 4 is 11.9 Å². The zero-order valence-corrected chi connectivity index (χ0v) is 18.9. The van der Waals surface area contributed by atoms with Crippen molar-refractivity contribution in [3.63, 3.8) is 0 Å².